The van der Waals surface area contributed by atoms with E-state index in [1.807, 2.05) is 18.5 Å². The van der Waals surface area contributed by atoms with E-state index in [1.54, 1.807) is 0 Å². The lowest BCUT2D eigenvalue weighted by atomic mass is 10.0. The van der Waals surface area contributed by atoms with Crippen molar-refractivity contribution in [1.29, 1.82) is 0 Å². The monoisotopic (exact) mass is 365 g/mol. The first-order chi connectivity index (χ1) is 13.8. The van der Waals surface area contributed by atoms with Crippen LogP contribution in [0.4, 0.5) is 0 Å². The quantitative estimate of drug-likeness (QED) is 0.517. The van der Waals surface area contributed by atoms with Gasteiger partial charge in [0.2, 0.25) is 0 Å². The zero-order valence-electron chi connectivity index (χ0n) is 15.9. The van der Waals surface area contributed by atoms with Crippen molar-refractivity contribution in [2.24, 2.45) is 0 Å². The molecule has 2 aromatic heterocycles. The van der Waals surface area contributed by atoms with E-state index in [9.17, 15) is 0 Å². The number of nitrogens with one attached hydrogen (secondary N) is 1. The van der Waals surface area contributed by atoms with Gasteiger partial charge in [-0.3, -0.25) is 0 Å². The highest BCUT2D eigenvalue weighted by Crippen LogP contribution is 2.21. The molecule has 3 heteroatoms. The van der Waals surface area contributed by atoms with Gasteiger partial charge in [-0.2, -0.15) is 0 Å². The van der Waals surface area contributed by atoms with Gasteiger partial charge in [-0.05, 0) is 71.5 Å². The first-order valence-corrected chi connectivity index (χ1v) is 9.99. The molecule has 0 bridgehead atoms. The van der Waals surface area contributed by atoms with Crippen LogP contribution in [-0.4, -0.2) is 15.0 Å². The molecule has 0 radical (unpaired) electrons. The molecule has 1 aliphatic carbocycles. The summed E-state index contributed by atoms with van der Waals surface area (Å²) in [5, 5.41) is 1.25. The van der Waals surface area contributed by atoms with Crippen LogP contribution in [0.5, 0.6) is 0 Å². The molecule has 2 aromatic carbocycles. The Labute approximate surface area is 165 Å². The largest absolute Gasteiger partial charge is 0.361 e. The Balaban J connectivity index is 1.22. The minimum Gasteiger partial charge on any atom is -0.361 e. The van der Waals surface area contributed by atoms with Gasteiger partial charge < -0.3 is 4.98 Å². The highest BCUT2D eigenvalue weighted by atomic mass is 14.9. The van der Waals surface area contributed by atoms with Crippen molar-refractivity contribution in [3.05, 3.63) is 101 Å². The summed E-state index contributed by atoms with van der Waals surface area (Å²) in [4.78, 5) is 12.6. The Morgan fingerprint density at radius 1 is 0.857 bits per heavy atom. The van der Waals surface area contributed by atoms with Gasteiger partial charge in [-0.25, -0.2) is 9.97 Å². The Morgan fingerprint density at radius 3 is 2.75 bits per heavy atom. The van der Waals surface area contributed by atoms with Crippen molar-refractivity contribution in [2.75, 3.05) is 0 Å². The zero-order valence-corrected chi connectivity index (χ0v) is 15.9. The lowest BCUT2D eigenvalue weighted by Crippen LogP contribution is -2.02. The molecule has 0 saturated carbocycles. The fourth-order valence-corrected chi connectivity index (χ4v) is 3.93. The second-order valence-electron chi connectivity index (χ2n) is 7.50. The van der Waals surface area contributed by atoms with E-state index >= 15 is 0 Å². The van der Waals surface area contributed by atoms with Gasteiger partial charge in [0.05, 0.1) is 0 Å². The Kier molecular flexibility index (Phi) is 4.50. The average molecular weight is 365 g/mol. The van der Waals surface area contributed by atoms with E-state index in [2.05, 4.69) is 64.6 Å². The molecule has 0 saturated heterocycles. The van der Waals surface area contributed by atoms with E-state index < -0.39 is 0 Å². The first kappa shape index (κ1) is 16.9. The SMILES string of the molecule is C1=Cc2cc(CCc3ccnc(CCc4ccc5cc[nH]c5c4)n3)ccc2C1. The van der Waals surface area contributed by atoms with Gasteiger partial charge in [0.25, 0.3) is 0 Å². The van der Waals surface area contributed by atoms with E-state index in [0.29, 0.717) is 0 Å². The third-order valence-electron chi connectivity index (χ3n) is 5.54. The Morgan fingerprint density at radius 2 is 1.75 bits per heavy atom. The van der Waals surface area contributed by atoms with Crippen molar-refractivity contribution < 1.29 is 0 Å². The number of aromatic amines is 1. The average Bonchev–Trinajstić information content (AvgIpc) is 3.39. The predicted octanol–water partition coefficient (Wildman–Crippen LogP) is 5.10. The third kappa shape index (κ3) is 3.61. The summed E-state index contributed by atoms with van der Waals surface area (Å²) in [6.45, 7) is 0. The summed E-state index contributed by atoms with van der Waals surface area (Å²) >= 11 is 0. The van der Waals surface area contributed by atoms with Crippen LogP contribution in [-0.2, 0) is 32.1 Å². The molecule has 0 amide bonds. The molecule has 4 aromatic rings. The summed E-state index contributed by atoms with van der Waals surface area (Å²) in [6.07, 6.45) is 13.2. The minimum atomic E-state index is 0.865. The maximum Gasteiger partial charge on any atom is 0.128 e. The summed E-state index contributed by atoms with van der Waals surface area (Å²) in [7, 11) is 0. The number of aryl methyl sites for hydroxylation is 4. The zero-order chi connectivity index (χ0) is 18.8. The first-order valence-electron chi connectivity index (χ1n) is 9.99. The lowest BCUT2D eigenvalue weighted by Gasteiger charge is -2.06. The molecule has 1 N–H and O–H groups in total. The van der Waals surface area contributed by atoms with Crippen molar-refractivity contribution in [3.63, 3.8) is 0 Å². The molecule has 0 spiro atoms. The van der Waals surface area contributed by atoms with Crippen molar-refractivity contribution >= 4 is 17.0 Å². The number of benzene rings is 2. The van der Waals surface area contributed by atoms with Crippen LogP contribution in [0.15, 0.2) is 67.0 Å². The van der Waals surface area contributed by atoms with Gasteiger partial charge in [-0.15, -0.1) is 0 Å². The predicted molar refractivity (Wildman–Crippen MR) is 114 cm³/mol. The summed E-state index contributed by atoms with van der Waals surface area (Å²) in [5.41, 5.74) is 7.82. The van der Waals surface area contributed by atoms with Crippen LogP contribution in [0.1, 0.15) is 33.8 Å². The van der Waals surface area contributed by atoms with Gasteiger partial charge in [0.1, 0.15) is 5.82 Å². The highest BCUT2D eigenvalue weighted by molar-refractivity contribution is 5.79. The number of H-pyrrole nitrogens is 1. The molecule has 138 valence electrons. The number of aromatic nitrogens is 3. The van der Waals surface area contributed by atoms with Gasteiger partial charge >= 0.3 is 0 Å². The Hall–Kier alpha value is -3.20. The summed E-state index contributed by atoms with van der Waals surface area (Å²) < 4.78 is 0. The molecule has 0 aliphatic heterocycles. The number of fused-ring (bicyclic) bond motifs is 2. The van der Waals surface area contributed by atoms with Crippen LogP contribution < -0.4 is 0 Å². The van der Waals surface area contributed by atoms with Crippen LogP contribution in [0, 0.1) is 0 Å². The molecule has 1 aliphatic rings. The lowest BCUT2D eigenvalue weighted by molar-refractivity contribution is 0.814. The summed E-state index contributed by atoms with van der Waals surface area (Å²) in [6, 6.07) is 17.6. The van der Waals surface area contributed by atoms with E-state index in [4.69, 9.17) is 4.98 Å². The number of allylic oxidation sites excluding steroid dienone is 1. The van der Waals surface area contributed by atoms with Crippen LogP contribution >= 0.6 is 0 Å². The van der Waals surface area contributed by atoms with Crippen molar-refractivity contribution in [2.45, 2.75) is 32.1 Å². The molecule has 0 atom stereocenters. The smallest absolute Gasteiger partial charge is 0.128 e. The third-order valence-corrected chi connectivity index (χ3v) is 5.54. The van der Waals surface area contributed by atoms with Crippen LogP contribution in [0.2, 0.25) is 0 Å². The molecular weight excluding hydrogens is 342 g/mol. The second kappa shape index (κ2) is 7.43. The fourth-order valence-electron chi connectivity index (χ4n) is 3.93. The minimum absolute atomic E-state index is 0.865. The standard InChI is InChI=1S/C25H23N3/c1-2-20-8-4-18(16-22(20)3-1)6-10-23-13-15-27-25(28-23)11-7-19-5-9-21-12-14-26-24(21)17-19/h1,3-5,8-9,12-17,26H,2,6-7,10-11H2. The molecule has 28 heavy (non-hydrogen) atoms. The van der Waals surface area contributed by atoms with E-state index in [1.165, 1.54) is 33.2 Å². The number of hydrogen-bond donors (Lipinski definition) is 1. The summed E-state index contributed by atoms with van der Waals surface area (Å²) in [5.74, 6) is 0.931. The fraction of sp³-hybridized carbons (Fsp3) is 0.200. The van der Waals surface area contributed by atoms with E-state index in [0.717, 1.165) is 43.6 Å². The number of hydrogen-bond acceptors (Lipinski definition) is 2. The second-order valence-corrected chi connectivity index (χ2v) is 7.50. The van der Waals surface area contributed by atoms with Crippen LogP contribution in [0.3, 0.4) is 0 Å². The molecule has 3 nitrogen and oxygen atoms in total. The molecule has 5 rings (SSSR count). The van der Waals surface area contributed by atoms with Crippen molar-refractivity contribution in [1.82, 2.24) is 15.0 Å². The van der Waals surface area contributed by atoms with Gasteiger partial charge in [0, 0.05) is 30.0 Å². The van der Waals surface area contributed by atoms with Crippen molar-refractivity contribution in [3.8, 4) is 0 Å². The van der Waals surface area contributed by atoms with E-state index in [-0.39, 0.29) is 0 Å². The normalized spacial score (nSPS) is 12.6. The number of nitrogens with zero attached hydrogens (tertiary/aromatic N) is 2. The van der Waals surface area contributed by atoms with Gasteiger partial charge in [-0.1, -0.05) is 42.5 Å². The van der Waals surface area contributed by atoms with Crippen LogP contribution in [0.25, 0.3) is 17.0 Å². The maximum absolute atomic E-state index is 4.79. The molecular formula is C25H23N3. The molecule has 2 heterocycles. The highest BCUT2D eigenvalue weighted by Gasteiger charge is 2.07. The Bertz CT molecular complexity index is 1150. The van der Waals surface area contributed by atoms with Gasteiger partial charge in [0.15, 0.2) is 0 Å². The maximum atomic E-state index is 4.79. The molecule has 0 unspecified atom stereocenters. The topological polar surface area (TPSA) is 41.6 Å². The molecule has 0 fully saturated rings. The number of rotatable bonds is 6.